The van der Waals surface area contributed by atoms with E-state index in [-0.39, 0.29) is 5.56 Å². The number of rotatable bonds is 1. The fourth-order valence-electron chi connectivity index (χ4n) is 4.20. The van der Waals surface area contributed by atoms with Gasteiger partial charge in [0.25, 0.3) is 5.56 Å². The number of fused-ring (bicyclic) bond motifs is 6. The first kappa shape index (κ1) is 13.8. The summed E-state index contributed by atoms with van der Waals surface area (Å²) in [4.78, 5) is 23.9. The minimum atomic E-state index is -0.0398. The smallest absolute Gasteiger partial charge is 0.256 e. The highest BCUT2D eigenvalue weighted by atomic mass is 16.1. The maximum Gasteiger partial charge on any atom is 0.256 e. The molecule has 4 nitrogen and oxygen atoms in total. The van der Waals surface area contributed by atoms with Gasteiger partial charge in [-0.1, -0.05) is 36.5 Å². The Kier molecular flexibility index (Phi) is 2.87. The molecular weight excluding hydrogens is 297 g/mol. The molecular formula is C19H18BN3O. The average Bonchev–Trinajstić information content (AvgIpc) is 3.24. The molecule has 0 bridgehead atoms. The number of nitrogens with zero attached hydrogens (tertiary/aromatic N) is 1. The molecule has 1 aliphatic rings. The Morgan fingerprint density at radius 1 is 1.08 bits per heavy atom. The number of H-pyrrole nitrogens is 2. The summed E-state index contributed by atoms with van der Waals surface area (Å²) in [6, 6.07) is 8.26. The third-order valence-electron chi connectivity index (χ3n) is 5.39. The number of imidazole rings is 1. The van der Waals surface area contributed by atoms with E-state index in [2.05, 4.69) is 36.0 Å². The molecule has 1 aliphatic carbocycles. The fourth-order valence-corrected chi connectivity index (χ4v) is 4.20. The Balaban J connectivity index is 1.98. The van der Waals surface area contributed by atoms with Crippen molar-refractivity contribution in [2.24, 2.45) is 0 Å². The summed E-state index contributed by atoms with van der Waals surface area (Å²) in [5.74, 6) is 1.60. The van der Waals surface area contributed by atoms with Crippen LogP contribution in [0.25, 0.3) is 32.6 Å². The zero-order valence-electron chi connectivity index (χ0n) is 13.6. The maximum absolute atomic E-state index is 12.5. The van der Waals surface area contributed by atoms with E-state index < -0.39 is 0 Å². The van der Waals surface area contributed by atoms with Crippen LogP contribution in [0.15, 0.2) is 35.3 Å². The van der Waals surface area contributed by atoms with E-state index in [4.69, 9.17) is 4.98 Å². The van der Waals surface area contributed by atoms with Crippen molar-refractivity contribution in [2.75, 3.05) is 0 Å². The van der Waals surface area contributed by atoms with Crippen LogP contribution in [0, 0.1) is 0 Å². The molecule has 4 aromatic rings. The lowest BCUT2D eigenvalue weighted by molar-refractivity contribution is 0.681. The number of benzene rings is 2. The highest BCUT2D eigenvalue weighted by molar-refractivity contribution is 6.35. The molecule has 2 heterocycles. The first-order valence-corrected chi connectivity index (χ1v) is 8.66. The standard InChI is InChI=1S/C19H18BN3O/c20-11-5-6-12-14(9-11)15-13(7-8-21-19(15)24)17-16(12)22-18(23-17)10-3-1-2-4-10/h5-10H,1-4,20H2,(H,21,24)(H,22,23). The van der Waals surface area contributed by atoms with Crippen LogP contribution in [0.3, 0.4) is 0 Å². The van der Waals surface area contributed by atoms with E-state index in [1.54, 1.807) is 6.20 Å². The molecule has 0 aliphatic heterocycles. The summed E-state index contributed by atoms with van der Waals surface area (Å²) in [6.07, 6.45) is 6.69. The Bertz CT molecular complexity index is 1150. The SMILES string of the molecule is Bc1ccc2c(c1)c1c(=O)[nH]ccc1c1[nH]c(C3CCCC3)nc21. The van der Waals surface area contributed by atoms with Crippen LogP contribution in [-0.4, -0.2) is 22.8 Å². The molecule has 0 unspecified atom stereocenters. The Morgan fingerprint density at radius 2 is 1.92 bits per heavy atom. The summed E-state index contributed by atoms with van der Waals surface area (Å²) < 4.78 is 0. The second kappa shape index (κ2) is 4.97. The molecule has 0 atom stereocenters. The van der Waals surface area contributed by atoms with Crippen molar-refractivity contribution in [3.63, 3.8) is 0 Å². The molecule has 5 heteroatoms. The molecule has 2 N–H and O–H groups in total. The van der Waals surface area contributed by atoms with Gasteiger partial charge in [0, 0.05) is 22.9 Å². The van der Waals surface area contributed by atoms with Gasteiger partial charge in [0.05, 0.1) is 16.4 Å². The average molecular weight is 315 g/mol. The molecule has 5 rings (SSSR count). The van der Waals surface area contributed by atoms with Crippen LogP contribution in [-0.2, 0) is 0 Å². The molecule has 0 amide bonds. The summed E-state index contributed by atoms with van der Waals surface area (Å²) >= 11 is 0. The minimum absolute atomic E-state index is 0.0398. The number of hydrogen-bond acceptors (Lipinski definition) is 2. The molecule has 2 aromatic carbocycles. The second-order valence-corrected chi connectivity index (χ2v) is 6.97. The van der Waals surface area contributed by atoms with Gasteiger partial charge in [-0.25, -0.2) is 4.98 Å². The summed E-state index contributed by atoms with van der Waals surface area (Å²) in [7, 11) is 2.06. The zero-order chi connectivity index (χ0) is 16.3. The maximum atomic E-state index is 12.5. The summed E-state index contributed by atoms with van der Waals surface area (Å²) in [6.45, 7) is 0. The van der Waals surface area contributed by atoms with Gasteiger partial charge in [0.2, 0.25) is 0 Å². The highest BCUT2D eigenvalue weighted by Crippen LogP contribution is 2.36. The van der Waals surface area contributed by atoms with Crippen molar-refractivity contribution in [1.29, 1.82) is 0 Å². The van der Waals surface area contributed by atoms with E-state index >= 15 is 0 Å². The molecule has 0 spiro atoms. The van der Waals surface area contributed by atoms with E-state index in [1.807, 2.05) is 6.07 Å². The normalized spacial score (nSPS) is 15.8. The monoisotopic (exact) mass is 315 g/mol. The number of aromatic nitrogens is 3. The van der Waals surface area contributed by atoms with Crippen molar-refractivity contribution in [3.8, 4) is 0 Å². The largest absolute Gasteiger partial charge is 0.341 e. The van der Waals surface area contributed by atoms with Crippen LogP contribution in [0.1, 0.15) is 37.4 Å². The zero-order valence-corrected chi connectivity index (χ0v) is 13.6. The highest BCUT2D eigenvalue weighted by Gasteiger charge is 2.22. The number of aromatic amines is 2. The fraction of sp³-hybridized carbons (Fsp3) is 0.263. The summed E-state index contributed by atoms with van der Waals surface area (Å²) in [5.41, 5.74) is 3.10. The molecule has 2 aromatic heterocycles. The van der Waals surface area contributed by atoms with Gasteiger partial charge in [-0.3, -0.25) is 4.79 Å². The van der Waals surface area contributed by atoms with E-state index in [9.17, 15) is 4.79 Å². The van der Waals surface area contributed by atoms with Crippen molar-refractivity contribution in [1.82, 2.24) is 15.0 Å². The van der Waals surface area contributed by atoms with Crippen LogP contribution in [0.5, 0.6) is 0 Å². The second-order valence-electron chi connectivity index (χ2n) is 6.97. The van der Waals surface area contributed by atoms with Gasteiger partial charge < -0.3 is 9.97 Å². The van der Waals surface area contributed by atoms with E-state index in [1.165, 1.54) is 25.7 Å². The molecule has 1 fully saturated rings. The predicted octanol–water partition coefficient (Wildman–Crippen LogP) is 2.47. The van der Waals surface area contributed by atoms with Crippen LogP contribution in [0.4, 0.5) is 0 Å². The lowest BCUT2D eigenvalue weighted by atomic mass is 9.91. The molecule has 118 valence electrons. The van der Waals surface area contributed by atoms with Gasteiger partial charge in [0.15, 0.2) is 0 Å². The van der Waals surface area contributed by atoms with Gasteiger partial charge in [-0.05, 0) is 24.3 Å². The van der Waals surface area contributed by atoms with Crippen molar-refractivity contribution < 1.29 is 0 Å². The van der Waals surface area contributed by atoms with E-state index in [0.717, 1.165) is 43.9 Å². The van der Waals surface area contributed by atoms with Gasteiger partial charge >= 0.3 is 0 Å². The van der Waals surface area contributed by atoms with Crippen LogP contribution in [0.2, 0.25) is 0 Å². The van der Waals surface area contributed by atoms with Crippen molar-refractivity contribution in [3.05, 3.63) is 46.6 Å². The Morgan fingerprint density at radius 3 is 2.75 bits per heavy atom. The lowest BCUT2D eigenvalue weighted by Gasteiger charge is -2.06. The predicted molar refractivity (Wildman–Crippen MR) is 101 cm³/mol. The first-order valence-electron chi connectivity index (χ1n) is 8.66. The van der Waals surface area contributed by atoms with Gasteiger partial charge in [0.1, 0.15) is 13.7 Å². The molecule has 1 saturated carbocycles. The third-order valence-corrected chi connectivity index (χ3v) is 5.39. The minimum Gasteiger partial charge on any atom is -0.341 e. The quantitative estimate of drug-likeness (QED) is 0.419. The summed E-state index contributed by atoms with van der Waals surface area (Å²) in [5, 5.41) is 3.76. The number of nitrogens with one attached hydrogen (secondary N) is 2. The van der Waals surface area contributed by atoms with Crippen molar-refractivity contribution >= 4 is 45.9 Å². The third kappa shape index (κ3) is 1.87. The molecule has 0 saturated heterocycles. The van der Waals surface area contributed by atoms with Gasteiger partial charge in [-0.15, -0.1) is 0 Å². The van der Waals surface area contributed by atoms with Crippen molar-refractivity contribution in [2.45, 2.75) is 31.6 Å². The van der Waals surface area contributed by atoms with Crippen LogP contribution >= 0.6 is 0 Å². The Hall–Kier alpha value is -2.56. The van der Waals surface area contributed by atoms with Crippen LogP contribution < -0.4 is 11.0 Å². The molecule has 0 radical (unpaired) electrons. The topological polar surface area (TPSA) is 61.5 Å². The first-order chi connectivity index (χ1) is 11.7. The van der Waals surface area contributed by atoms with E-state index in [0.29, 0.717) is 5.92 Å². The number of pyridine rings is 1. The van der Waals surface area contributed by atoms with Gasteiger partial charge in [-0.2, -0.15) is 0 Å². The lowest BCUT2D eigenvalue weighted by Crippen LogP contribution is -2.07. The molecule has 24 heavy (non-hydrogen) atoms. The number of hydrogen-bond donors (Lipinski definition) is 2. The Labute approximate surface area is 139 Å².